The third-order valence-corrected chi connectivity index (χ3v) is 5.06. The molecule has 0 saturated heterocycles. The standard InChI is InChI=1S/C24H17N3O4S/c1-29-17-9-6-14(7-10-17)23-26-18-13-16(8-11-20(18)31-23)25-24(32)27-22(28)21-12-15-4-2-3-5-19(15)30-21/h2-13H,1H3,(H2,25,27,28,32). The highest BCUT2D eigenvalue weighted by atomic mass is 32.1. The van der Waals surface area contributed by atoms with Crippen molar-refractivity contribution in [3.8, 4) is 17.2 Å². The number of nitrogens with zero attached hydrogens (tertiary/aromatic N) is 1. The first-order valence-corrected chi connectivity index (χ1v) is 10.2. The molecule has 2 N–H and O–H groups in total. The van der Waals surface area contributed by atoms with Crippen LogP contribution in [0, 0.1) is 0 Å². The molecule has 158 valence electrons. The molecule has 32 heavy (non-hydrogen) atoms. The quantitative estimate of drug-likeness (QED) is 0.361. The van der Waals surface area contributed by atoms with E-state index in [1.54, 1.807) is 37.4 Å². The van der Waals surface area contributed by atoms with E-state index in [0.717, 1.165) is 16.7 Å². The molecular formula is C24H17N3O4S. The molecule has 0 bridgehead atoms. The molecule has 3 aromatic carbocycles. The minimum absolute atomic E-state index is 0.147. The summed E-state index contributed by atoms with van der Waals surface area (Å²) < 4.78 is 16.6. The summed E-state index contributed by atoms with van der Waals surface area (Å²) in [5.74, 6) is 1.02. The average Bonchev–Trinajstić information content (AvgIpc) is 3.43. The molecule has 0 radical (unpaired) electrons. The Bertz CT molecular complexity index is 1420. The van der Waals surface area contributed by atoms with Crippen molar-refractivity contribution in [1.29, 1.82) is 0 Å². The van der Waals surface area contributed by atoms with Crippen LogP contribution in [0.1, 0.15) is 10.6 Å². The fraction of sp³-hybridized carbons (Fsp3) is 0.0417. The molecule has 2 aromatic heterocycles. The Morgan fingerprint density at radius 3 is 2.56 bits per heavy atom. The van der Waals surface area contributed by atoms with Crippen molar-refractivity contribution in [3.63, 3.8) is 0 Å². The maximum absolute atomic E-state index is 12.5. The number of rotatable bonds is 4. The van der Waals surface area contributed by atoms with Crippen LogP contribution in [-0.2, 0) is 0 Å². The number of nitrogens with one attached hydrogen (secondary N) is 2. The van der Waals surface area contributed by atoms with Crippen LogP contribution in [0.4, 0.5) is 5.69 Å². The highest BCUT2D eigenvalue weighted by Crippen LogP contribution is 2.27. The van der Waals surface area contributed by atoms with E-state index >= 15 is 0 Å². The minimum Gasteiger partial charge on any atom is -0.497 e. The van der Waals surface area contributed by atoms with E-state index in [4.69, 9.17) is 25.8 Å². The molecule has 1 amide bonds. The van der Waals surface area contributed by atoms with E-state index in [1.807, 2.05) is 42.5 Å². The van der Waals surface area contributed by atoms with Crippen LogP contribution in [0.15, 0.2) is 81.6 Å². The number of hydrogen-bond donors (Lipinski definition) is 2. The van der Waals surface area contributed by atoms with Crippen molar-refractivity contribution in [1.82, 2.24) is 10.3 Å². The third-order valence-electron chi connectivity index (χ3n) is 4.86. The second kappa shape index (κ2) is 8.16. The SMILES string of the molecule is COc1ccc(-c2nc3cc(NC(=S)NC(=O)c4cc5ccccc5o4)ccc3o2)cc1. The van der Waals surface area contributed by atoms with Gasteiger partial charge in [-0.05, 0) is 66.8 Å². The lowest BCUT2D eigenvalue weighted by atomic mass is 10.2. The molecule has 0 aliphatic heterocycles. The number of hydrogen-bond acceptors (Lipinski definition) is 6. The predicted molar refractivity (Wildman–Crippen MR) is 126 cm³/mol. The number of carbonyl (C=O) groups is 1. The second-order valence-electron chi connectivity index (χ2n) is 6.99. The van der Waals surface area contributed by atoms with E-state index in [9.17, 15) is 4.79 Å². The minimum atomic E-state index is -0.428. The van der Waals surface area contributed by atoms with Crippen molar-refractivity contribution >= 4 is 51.0 Å². The van der Waals surface area contributed by atoms with E-state index in [0.29, 0.717) is 28.3 Å². The summed E-state index contributed by atoms with van der Waals surface area (Å²) in [7, 11) is 1.62. The summed E-state index contributed by atoms with van der Waals surface area (Å²) in [6.07, 6.45) is 0. The highest BCUT2D eigenvalue weighted by molar-refractivity contribution is 7.80. The number of thiocarbonyl (C=S) groups is 1. The molecular weight excluding hydrogens is 426 g/mol. The van der Waals surface area contributed by atoms with Gasteiger partial charge >= 0.3 is 0 Å². The normalized spacial score (nSPS) is 10.9. The molecule has 2 heterocycles. The van der Waals surface area contributed by atoms with Crippen LogP contribution in [0.5, 0.6) is 5.75 Å². The van der Waals surface area contributed by atoms with Gasteiger partial charge in [0, 0.05) is 16.6 Å². The summed E-state index contributed by atoms with van der Waals surface area (Å²) in [6.45, 7) is 0. The number of amides is 1. The first-order valence-electron chi connectivity index (χ1n) is 9.75. The van der Waals surface area contributed by atoms with E-state index < -0.39 is 5.91 Å². The average molecular weight is 443 g/mol. The monoisotopic (exact) mass is 443 g/mol. The molecule has 5 rings (SSSR count). The van der Waals surface area contributed by atoms with Crippen LogP contribution < -0.4 is 15.4 Å². The highest BCUT2D eigenvalue weighted by Gasteiger charge is 2.14. The van der Waals surface area contributed by atoms with Crippen LogP contribution >= 0.6 is 12.2 Å². The number of para-hydroxylation sites is 1. The van der Waals surface area contributed by atoms with Gasteiger partial charge in [0.25, 0.3) is 5.91 Å². The van der Waals surface area contributed by atoms with Crippen molar-refractivity contribution in [2.24, 2.45) is 0 Å². The number of fused-ring (bicyclic) bond motifs is 2. The van der Waals surface area contributed by atoms with Gasteiger partial charge in [0.05, 0.1) is 7.11 Å². The van der Waals surface area contributed by atoms with E-state index in [-0.39, 0.29) is 10.9 Å². The number of carbonyl (C=O) groups excluding carboxylic acids is 1. The number of methoxy groups -OCH3 is 1. The van der Waals surface area contributed by atoms with Crippen molar-refractivity contribution in [3.05, 3.63) is 78.6 Å². The van der Waals surface area contributed by atoms with E-state index in [2.05, 4.69) is 15.6 Å². The predicted octanol–water partition coefficient (Wildman–Crippen LogP) is 5.38. The number of ether oxygens (including phenoxy) is 1. The topological polar surface area (TPSA) is 89.5 Å². The molecule has 8 heteroatoms. The number of oxazole rings is 1. The summed E-state index contributed by atoms with van der Waals surface area (Å²) in [4.78, 5) is 17.0. The molecule has 5 aromatic rings. The Balaban J connectivity index is 1.29. The molecule has 0 aliphatic carbocycles. The largest absolute Gasteiger partial charge is 0.497 e. The van der Waals surface area contributed by atoms with Gasteiger partial charge in [-0.2, -0.15) is 0 Å². The van der Waals surface area contributed by atoms with Crippen molar-refractivity contribution < 1.29 is 18.4 Å². The van der Waals surface area contributed by atoms with Crippen molar-refractivity contribution in [2.45, 2.75) is 0 Å². The van der Waals surface area contributed by atoms with Gasteiger partial charge in [0.1, 0.15) is 16.8 Å². The Hall–Kier alpha value is -4.17. The van der Waals surface area contributed by atoms with Crippen molar-refractivity contribution in [2.75, 3.05) is 12.4 Å². The zero-order valence-electron chi connectivity index (χ0n) is 16.9. The second-order valence-corrected chi connectivity index (χ2v) is 7.39. The number of benzene rings is 3. The molecule has 0 unspecified atom stereocenters. The maximum Gasteiger partial charge on any atom is 0.293 e. The molecule has 0 saturated carbocycles. The van der Waals surface area contributed by atoms with Gasteiger partial charge < -0.3 is 18.9 Å². The summed E-state index contributed by atoms with van der Waals surface area (Å²) in [6, 6.07) is 21.9. The maximum atomic E-state index is 12.5. The van der Waals surface area contributed by atoms with E-state index in [1.165, 1.54) is 0 Å². The molecule has 7 nitrogen and oxygen atoms in total. The van der Waals surface area contributed by atoms with Gasteiger partial charge in [0.15, 0.2) is 16.5 Å². The lowest BCUT2D eigenvalue weighted by Gasteiger charge is -2.08. The third kappa shape index (κ3) is 3.91. The van der Waals surface area contributed by atoms with Gasteiger partial charge in [-0.15, -0.1) is 0 Å². The summed E-state index contributed by atoms with van der Waals surface area (Å²) >= 11 is 5.28. The first kappa shape index (κ1) is 19.8. The lowest BCUT2D eigenvalue weighted by Crippen LogP contribution is -2.33. The van der Waals surface area contributed by atoms with Gasteiger partial charge in [-0.3, -0.25) is 10.1 Å². The molecule has 0 fully saturated rings. The Morgan fingerprint density at radius 2 is 1.78 bits per heavy atom. The van der Waals surface area contributed by atoms with Crippen LogP contribution in [0.3, 0.4) is 0 Å². The lowest BCUT2D eigenvalue weighted by molar-refractivity contribution is 0.0953. The van der Waals surface area contributed by atoms with Crippen LogP contribution in [0.2, 0.25) is 0 Å². The number of aromatic nitrogens is 1. The summed E-state index contributed by atoms with van der Waals surface area (Å²) in [5.41, 5.74) is 3.44. The molecule has 0 spiro atoms. The number of anilines is 1. The first-order chi connectivity index (χ1) is 15.6. The zero-order valence-corrected chi connectivity index (χ0v) is 17.7. The Labute approximate surface area is 188 Å². The van der Waals surface area contributed by atoms with Gasteiger partial charge in [-0.1, -0.05) is 18.2 Å². The fourth-order valence-corrected chi connectivity index (χ4v) is 3.49. The Kier molecular flexibility index (Phi) is 5.04. The smallest absolute Gasteiger partial charge is 0.293 e. The zero-order chi connectivity index (χ0) is 22.1. The van der Waals surface area contributed by atoms with Crippen LogP contribution in [0.25, 0.3) is 33.5 Å². The summed E-state index contributed by atoms with van der Waals surface area (Å²) in [5, 5.41) is 6.61. The molecule has 0 aliphatic rings. The Morgan fingerprint density at radius 1 is 0.969 bits per heavy atom. The fourth-order valence-electron chi connectivity index (χ4n) is 3.28. The van der Waals surface area contributed by atoms with Crippen LogP contribution in [-0.4, -0.2) is 23.1 Å². The van der Waals surface area contributed by atoms with Gasteiger partial charge in [-0.25, -0.2) is 4.98 Å². The van der Waals surface area contributed by atoms with Gasteiger partial charge in [0.2, 0.25) is 5.89 Å². The number of furan rings is 1. The molecule has 0 atom stereocenters.